The first-order chi connectivity index (χ1) is 14.8. The van der Waals surface area contributed by atoms with Gasteiger partial charge < -0.3 is 19.4 Å². The number of likely N-dealkylation sites (tertiary alicyclic amines) is 1. The lowest BCUT2D eigenvalue weighted by molar-refractivity contribution is -0.150. The van der Waals surface area contributed by atoms with Crippen molar-refractivity contribution in [3.05, 3.63) is 47.0 Å². The summed E-state index contributed by atoms with van der Waals surface area (Å²) >= 11 is 0. The summed E-state index contributed by atoms with van der Waals surface area (Å²) in [5.74, 6) is -1.26. The fourth-order valence-electron chi connectivity index (χ4n) is 5.56. The minimum absolute atomic E-state index is 0.0260. The lowest BCUT2D eigenvalue weighted by Crippen LogP contribution is -2.55. The molecule has 4 heterocycles. The van der Waals surface area contributed by atoms with Crippen molar-refractivity contribution in [1.82, 2.24) is 14.7 Å². The van der Waals surface area contributed by atoms with E-state index in [9.17, 15) is 14.4 Å². The van der Waals surface area contributed by atoms with Crippen molar-refractivity contribution in [2.45, 2.75) is 39.0 Å². The van der Waals surface area contributed by atoms with Crippen LogP contribution in [0, 0.1) is 25.7 Å². The summed E-state index contributed by atoms with van der Waals surface area (Å²) in [5, 5.41) is 0. The summed E-state index contributed by atoms with van der Waals surface area (Å²) < 4.78 is 6.24. The van der Waals surface area contributed by atoms with Gasteiger partial charge in [-0.2, -0.15) is 0 Å². The van der Waals surface area contributed by atoms with Gasteiger partial charge in [-0.1, -0.05) is 30.4 Å². The molecule has 164 valence electrons. The van der Waals surface area contributed by atoms with Crippen LogP contribution in [-0.2, 0) is 25.7 Å². The van der Waals surface area contributed by atoms with Crippen LogP contribution in [-0.4, -0.2) is 76.9 Å². The van der Waals surface area contributed by atoms with E-state index >= 15 is 0 Å². The Morgan fingerprint density at radius 1 is 1.16 bits per heavy atom. The molecule has 1 aromatic rings. The number of hydrogen-bond donors (Lipinski definition) is 0. The molecule has 2 bridgehead atoms. The number of hydrogen-bond acceptors (Lipinski definition) is 4. The van der Waals surface area contributed by atoms with Crippen LogP contribution >= 0.6 is 0 Å². The first kappa shape index (κ1) is 20.2. The van der Waals surface area contributed by atoms with Crippen molar-refractivity contribution in [2.75, 3.05) is 32.7 Å². The molecule has 31 heavy (non-hydrogen) atoms. The van der Waals surface area contributed by atoms with E-state index in [1.807, 2.05) is 24.0 Å². The summed E-state index contributed by atoms with van der Waals surface area (Å²) in [7, 11) is 0. The molecule has 4 atom stereocenters. The molecule has 0 saturated carbocycles. The number of fused-ring (bicyclic) bond motifs is 1. The zero-order chi connectivity index (χ0) is 21.9. The van der Waals surface area contributed by atoms with Gasteiger partial charge in [0.1, 0.15) is 5.60 Å². The van der Waals surface area contributed by atoms with E-state index in [2.05, 4.69) is 32.0 Å². The smallest absolute Gasteiger partial charge is 0.242 e. The number of benzene rings is 1. The molecule has 7 nitrogen and oxygen atoms in total. The highest BCUT2D eigenvalue weighted by Gasteiger charge is 2.67. The third-order valence-corrected chi connectivity index (χ3v) is 7.42. The summed E-state index contributed by atoms with van der Waals surface area (Å²) in [4.78, 5) is 44.4. The van der Waals surface area contributed by atoms with E-state index in [-0.39, 0.29) is 30.4 Å². The number of piperazine rings is 1. The van der Waals surface area contributed by atoms with Gasteiger partial charge >= 0.3 is 0 Å². The second kappa shape index (κ2) is 7.19. The fraction of sp³-hybridized carbons (Fsp3) is 0.542. The third kappa shape index (κ3) is 3.09. The van der Waals surface area contributed by atoms with Crippen molar-refractivity contribution in [1.29, 1.82) is 0 Å². The van der Waals surface area contributed by atoms with Gasteiger partial charge in [-0.25, -0.2) is 0 Å². The first-order valence-corrected chi connectivity index (χ1v) is 11.1. The topological polar surface area (TPSA) is 70.2 Å². The molecule has 0 N–H and O–H groups in total. The molecule has 3 fully saturated rings. The van der Waals surface area contributed by atoms with E-state index in [1.54, 1.807) is 9.80 Å². The van der Waals surface area contributed by atoms with Crippen molar-refractivity contribution in [2.24, 2.45) is 11.8 Å². The molecule has 0 aromatic heterocycles. The average molecular weight is 424 g/mol. The zero-order valence-corrected chi connectivity index (χ0v) is 18.3. The lowest BCUT2D eigenvalue weighted by Gasteiger charge is -2.36. The van der Waals surface area contributed by atoms with Crippen LogP contribution in [0.5, 0.6) is 0 Å². The van der Waals surface area contributed by atoms with Crippen LogP contribution in [0.25, 0.3) is 0 Å². The SMILES string of the molecule is CCN1CCN(C(=O)[C@@H]2[C@@H]3C=C[C@@]4(CN(Cc5ccc(C)c(C)c5)C(=O)[C@H]24)O3)CC1=O. The molecule has 3 amide bonds. The number of likely N-dealkylation sites (N-methyl/N-ethyl adjacent to an activating group) is 1. The largest absolute Gasteiger partial charge is 0.360 e. The molecule has 7 heteroatoms. The van der Waals surface area contributed by atoms with Gasteiger partial charge in [-0.05, 0) is 37.5 Å². The minimum atomic E-state index is -0.725. The monoisotopic (exact) mass is 423 g/mol. The van der Waals surface area contributed by atoms with E-state index in [1.165, 1.54) is 11.1 Å². The Hall–Kier alpha value is -2.67. The number of carbonyl (C=O) groups is 3. The van der Waals surface area contributed by atoms with Gasteiger partial charge in [0.25, 0.3) is 0 Å². The molecule has 0 aliphatic carbocycles. The first-order valence-electron chi connectivity index (χ1n) is 11.1. The van der Waals surface area contributed by atoms with Crippen LogP contribution < -0.4 is 0 Å². The molecular weight excluding hydrogens is 394 g/mol. The summed E-state index contributed by atoms with van der Waals surface area (Å²) in [6, 6.07) is 6.24. The number of aryl methyl sites for hydroxylation is 2. The Kier molecular flexibility index (Phi) is 4.70. The van der Waals surface area contributed by atoms with Crippen molar-refractivity contribution >= 4 is 17.7 Å². The molecule has 0 radical (unpaired) electrons. The quantitative estimate of drug-likeness (QED) is 0.684. The van der Waals surface area contributed by atoms with Crippen LogP contribution in [0.3, 0.4) is 0 Å². The zero-order valence-electron chi connectivity index (χ0n) is 18.3. The predicted octanol–water partition coefficient (Wildman–Crippen LogP) is 1.28. The highest BCUT2D eigenvalue weighted by atomic mass is 16.5. The minimum Gasteiger partial charge on any atom is -0.360 e. The standard InChI is InChI=1S/C24H29N3O4/c1-4-25-9-10-26(13-19(25)28)22(29)20-18-7-8-24(31-18)14-27(23(30)21(20)24)12-17-6-5-15(2)16(3)11-17/h5-8,11,18,20-21H,4,9-10,12-14H2,1-3H3/t18-,20+,21-,24-/m0/s1. The maximum Gasteiger partial charge on any atom is 0.242 e. The van der Waals surface area contributed by atoms with Crippen molar-refractivity contribution in [3.8, 4) is 0 Å². The van der Waals surface area contributed by atoms with Crippen molar-refractivity contribution in [3.63, 3.8) is 0 Å². The summed E-state index contributed by atoms with van der Waals surface area (Å²) in [5.41, 5.74) is 2.77. The highest BCUT2D eigenvalue weighted by molar-refractivity contribution is 5.94. The Labute approximate surface area is 182 Å². The summed E-state index contributed by atoms with van der Waals surface area (Å²) in [6.07, 6.45) is 3.52. The molecule has 3 saturated heterocycles. The van der Waals surface area contributed by atoms with Gasteiger partial charge in [0.2, 0.25) is 17.7 Å². The van der Waals surface area contributed by atoms with Gasteiger partial charge in [0.05, 0.1) is 31.0 Å². The number of nitrogens with zero attached hydrogens (tertiary/aromatic N) is 3. The molecule has 5 rings (SSSR count). The van der Waals surface area contributed by atoms with E-state index in [0.29, 0.717) is 32.7 Å². The summed E-state index contributed by atoms with van der Waals surface area (Å²) in [6.45, 7) is 8.83. The maximum absolute atomic E-state index is 13.5. The highest BCUT2D eigenvalue weighted by Crippen LogP contribution is 2.52. The van der Waals surface area contributed by atoms with E-state index in [0.717, 1.165) is 5.56 Å². The van der Waals surface area contributed by atoms with Crippen LogP contribution in [0.1, 0.15) is 23.6 Å². The van der Waals surface area contributed by atoms with E-state index in [4.69, 9.17) is 4.74 Å². The molecule has 1 aromatic carbocycles. The average Bonchev–Trinajstić information content (AvgIpc) is 3.38. The number of ether oxygens (including phenoxy) is 1. The fourth-order valence-corrected chi connectivity index (χ4v) is 5.56. The second-order valence-electron chi connectivity index (χ2n) is 9.25. The number of carbonyl (C=O) groups excluding carboxylic acids is 3. The second-order valence-corrected chi connectivity index (χ2v) is 9.25. The molecular formula is C24H29N3O4. The van der Waals surface area contributed by atoms with Gasteiger partial charge in [0, 0.05) is 26.2 Å². The van der Waals surface area contributed by atoms with Crippen LogP contribution in [0.2, 0.25) is 0 Å². The molecule has 1 spiro atoms. The Bertz CT molecular complexity index is 989. The Balaban J connectivity index is 1.36. The van der Waals surface area contributed by atoms with Gasteiger partial charge in [-0.15, -0.1) is 0 Å². The molecule has 4 aliphatic rings. The van der Waals surface area contributed by atoms with Gasteiger partial charge in [0.15, 0.2) is 0 Å². The lowest BCUT2D eigenvalue weighted by atomic mass is 9.76. The maximum atomic E-state index is 13.5. The third-order valence-electron chi connectivity index (χ3n) is 7.42. The Morgan fingerprint density at radius 2 is 1.97 bits per heavy atom. The number of rotatable bonds is 4. The predicted molar refractivity (Wildman–Crippen MR) is 114 cm³/mol. The molecule has 4 aliphatic heterocycles. The normalized spacial score (nSPS) is 31.7. The van der Waals surface area contributed by atoms with E-state index < -0.39 is 17.4 Å². The van der Waals surface area contributed by atoms with Crippen LogP contribution in [0.4, 0.5) is 0 Å². The van der Waals surface area contributed by atoms with Gasteiger partial charge in [-0.3, -0.25) is 14.4 Å². The van der Waals surface area contributed by atoms with Crippen LogP contribution in [0.15, 0.2) is 30.4 Å². The molecule has 0 unspecified atom stereocenters. The van der Waals surface area contributed by atoms with Crippen molar-refractivity contribution < 1.29 is 19.1 Å². The Morgan fingerprint density at radius 3 is 2.68 bits per heavy atom. The number of amides is 3.